The predicted molar refractivity (Wildman–Crippen MR) is 113 cm³/mol. The molecular formula is C21H27FN4O4. The van der Waals surface area contributed by atoms with Crippen molar-refractivity contribution in [3.8, 4) is 5.75 Å². The van der Waals surface area contributed by atoms with Crippen LogP contribution in [0, 0.1) is 11.2 Å². The molecule has 1 saturated heterocycles. The number of aromatic nitrogens is 1. The number of nitrogens with zero attached hydrogens (tertiary/aromatic N) is 3. The Labute approximate surface area is 173 Å². The summed E-state index contributed by atoms with van der Waals surface area (Å²) in [6.07, 6.45) is 2.45. The Morgan fingerprint density at radius 1 is 1.43 bits per heavy atom. The average molecular weight is 418 g/mol. The third-order valence-corrected chi connectivity index (χ3v) is 5.96. The van der Waals surface area contributed by atoms with Crippen molar-refractivity contribution < 1.29 is 19.0 Å². The van der Waals surface area contributed by atoms with Gasteiger partial charge in [-0.05, 0) is 44.8 Å². The summed E-state index contributed by atoms with van der Waals surface area (Å²) in [6, 6.07) is 1.25. The van der Waals surface area contributed by atoms with E-state index < -0.39 is 17.4 Å². The van der Waals surface area contributed by atoms with Crippen LogP contribution in [-0.2, 0) is 0 Å². The van der Waals surface area contributed by atoms with Gasteiger partial charge in [0, 0.05) is 25.7 Å². The van der Waals surface area contributed by atoms with Crippen molar-refractivity contribution in [2.75, 3.05) is 44.4 Å². The largest absolute Gasteiger partial charge is 0.511 e. The Morgan fingerprint density at radius 2 is 2.13 bits per heavy atom. The van der Waals surface area contributed by atoms with Gasteiger partial charge in [-0.25, -0.2) is 9.18 Å². The summed E-state index contributed by atoms with van der Waals surface area (Å²) in [5, 5.41) is 8.97. The number of ether oxygens (including phenoxy) is 1. The number of anilines is 2. The van der Waals surface area contributed by atoms with Gasteiger partial charge in [0.25, 0.3) is 0 Å². The molecular weight excluding hydrogens is 391 g/mol. The van der Waals surface area contributed by atoms with Crippen LogP contribution < -0.4 is 20.8 Å². The first-order valence-electron chi connectivity index (χ1n) is 10.1. The third kappa shape index (κ3) is 3.58. The van der Waals surface area contributed by atoms with Crippen molar-refractivity contribution in [1.82, 2.24) is 9.47 Å². The quantitative estimate of drug-likeness (QED) is 0.569. The Balaban J connectivity index is 1.85. The van der Waals surface area contributed by atoms with E-state index in [1.165, 1.54) is 12.3 Å². The Bertz CT molecular complexity index is 1080. The summed E-state index contributed by atoms with van der Waals surface area (Å²) in [4.78, 5) is 27.8. The number of rotatable bonds is 5. The average Bonchev–Trinajstić information content (AvgIpc) is 3.40. The number of hydrogen-bond acceptors (Lipinski definition) is 6. The molecule has 0 spiro atoms. The molecule has 4 rings (SSSR count). The molecule has 0 radical (unpaired) electrons. The molecule has 2 aliphatic rings. The maximum atomic E-state index is 15.2. The minimum atomic E-state index is -1.59. The highest BCUT2D eigenvalue weighted by atomic mass is 19.1. The number of fused-ring (bicyclic) bond motifs is 1. The lowest BCUT2D eigenvalue weighted by atomic mass is 9.89. The van der Waals surface area contributed by atoms with Crippen LogP contribution in [0.1, 0.15) is 32.2 Å². The van der Waals surface area contributed by atoms with Crippen molar-refractivity contribution in [2.45, 2.75) is 32.2 Å². The van der Waals surface area contributed by atoms with E-state index in [-0.39, 0.29) is 28.3 Å². The summed E-state index contributed by atoms with van der Waals surface area (Å²) in [6.45, 7) is 4.38. The lowest BCUT2D eigenvalue weighted by Crippen LogP contribution is -2.34. The summed E-state index contributed by atoms with van der Waals surface area (Å²) in [7, 11) is 4.04. The molecule has 1 aromatic carbocycles. The highest BCUT2D eigenvalue weighted by molar-refractivity contribution is 5.98. The first-order valence-corrected chi connectivity index (χ1v) is 10.1. The molecule has 1 unspecified atom stereocenters. The van der Waals surface area contributed by atoms with Gasteiger partial charge in [-0.15, -0.1) is 0 Å². The Morgan fingerprint density at radius 3 is 2.73 bits per heavy atom. The number of nitrogen functional groups attached to an aromatic ring is 1. The minimum absolute atomic E-state index is 0.00663. The monoisotopic (exact) mass is 418 g/mol. The minimum Gasteiger partial charge on any atom is -0.449 e. The zero-order chi connectivity index (χ0) is 21.8. The zero-order valence-corrected chi connectivity index (χ0v) is 17.4. The summed E-state index contributed by atoms with van der Waals surface area (Å²) in [5.74, 6) is -0.922. The number of carbonyl (C=O) groups is 1. The molecule has 9 heteroatoms. The van der Waals surface area contributed by atoms with Crippen LogP contribution in [0.25, 0.3) is 10.9 Å². The molecule has 1 atom stereocenters. The molecule has 2 fully saturated rings. The maximum absolute atomic E-state index is 15.2. The lowest BCUT2D eigenvalue weighted by molar-refractivity contribution is 0.143. The molecule has 30 heavy (non-hydrogen) atoms. The normalized spacial score (nSPS) is 21.6. The van der Waals surface area contributed by atoms with Crippen molar-refractivity contribution in [1.29, 1.82) is 0 Å². The molecule has 1 aliphatic heterocycles. The standard InChI is InChI=1S/C21H27FN4O4/c1-21(10-24(2)3)6-7-25(11-21)18-14(22)8-13-17(16(18)23)26(12-4-5-12)9-15(19(13)27)30-20(28)29/h8-9,12H,4-7,10-11,23H2,1-3H3,(H,28,29). The number of carboxylic acid groups (broad SMARTS) is 1. The summed E-state index contributed by atoms with van der Waals surface area (Å²) in [5.41, 5.74) is 6.76. The van der Waals surface area contributed by atoms with E-state index in [1.807, 2.05) is 19.0 Å². The van der Waals surface area contributed by atoms with Crippen molar-refractivity contribution in [3.05, 3.63) is 28.3 Å². The van der Waals surface area contributed by atoms with Crippen LogP contribution in [-0.4, -0.2) is 54.5 Å². The van der Waals surface area contributed by atoms with E-state index in [2.05, 4.69) is 16.6 Å². The summed E-state index contributed by atoms with van der Waals surface area (Å²) < 4.78 is 21.6. The molecule has 1 saturated carbocycles. The van der Waals surface area contributed by atoms with Crippen LogP contribution in [0.3, 0.4) is 0 Å². The predicted octanol–water partition coefficient (Wildman–Crippen LogP) is 2.89. The van der Waals surface area contributed by atoms with Gasteiger partial charge < -0.3 is 29.9 Å². The topological polar surface area (TPSA) is 101 Å². The molecule has 0 bridgehead atoms. The van der Waals surface area contributed by atoms with Crippen LogP contribution in [0.4, 0.5) is 20.6 Å². The smallest absolute Gasteiger partial charge is 0.449 e. The van der Waals surface area contributed by atoms with Gasteiger partial charge in [0.2, 0.25) is 5.43 Å². The van der Waals surface area contributed by atoms with E-state index in [0.717, 1.165) is 25.8 Å². The third-order valence-electron chi connectivity index (χ3n) is 5.96. The first-order chi connectivity index (χ1) is 14.1. The van der Waals surface area contributed by atoms with Gasteiger partial charge in [0.15, 0.2) is 5.75 Å². The van der Waals surface area contributed by atoms with Gasteiger partial charge in [0.05, 0.1) is 28.5 Å². The molecule has 2 aromatic rings. The molecule has 1 aliphatic carbocycles. The van der Waals surface area contributed by atoms with Crippen molar-refractivity contribution in [3.63, 3.8) is 0 Å². The fourth-order valence-electron chi connectivity index (χ4n) is 4.72. The lowest BCUT2D eigenvalue weighted by Gasteiger charge is -2.29. The van der Waals surface area contributed by atoms with Gasteiger partial charge in [-0.2, -0.15) is 0 Å². The maximum Gasteiger partial charge on any atom is 0.511 e. The molecule has 3 N–H and O–H groups in total. The van der Waals surface area contributed by atoms with Gasteiger partial charge >= 0.3 is 6.16 Å². The SMILES string of the molecule is CN(C)CC1(C)CCN(c2c(F)cc3c(=O)c(OC(=O)O)cn(C4CC4)c3c2N)C1. The van der Waals surface area contributed by atoms with E-state index >= 15 is 4.39 Å². The molecule has 162 valence electrons. The van der Waals surface area contributed by atoms with Crippen molar-refractivity contribution >= 4 is 28.4 Å². The Kier molecular flexibility index (Phi) is 4.88. The van der Waals surface area contributed by atoms with E-state index in [4.69, 9.17) is 10.8 Å². The number of halogens is 1. The number of benzene rings is 1. The van der Waals surface area contributed by atoms with Crippen LogP contribution in [0.2, 0.25) is 0 Å². The number of hydrogen-bond donors (Lipinski definition) is 2. The second-order valence-corrected chi connectivity index (χ2v) is 9.07. The summed E-state index contributed by atoms with van der Waals surface area (Å²) >= 11 is 0. The molecule has 1 aromatic heterocycles. The highest BCUT2D eigenvalue weighted by Gasteiger charge is 2.37. The van der Waals surface area contributed by atoms with Gasteiger partial charge in [-0.1, -0.05) is 6.92 Å². The molecule has 0 amide bonds. The second-order valence-electron chi connectivity index (χ2n) is 9.07. The van der Waals surface area contributed by atoms with Gasteiger partial charge in [0.1, 0.15) is 5.82 Å². The number of pyridine rings is 1. The number of nitrogens with two attached hydrogens (primary N) is 1. The fraction of sp³-hybridized carbons (Fsp3) is 0.524. The van der Waals surface area contributed by atoms with Crippen molar-refractivity contribution in [2.24, 2.45) is 5.41 Å². The zero-order valence-electron chi connectivity index (χ0n) is 17.4. The van der Waals surface area contributed by atoms with E-state index in [0.29, 0.717) is 24.3 Å². The van der Waals surface area contributed by atoms with Crippen LogP contribution in [0.15, 0.2) is 17.1 Å². The first kappa shape index (κ1) is 20.5. The van der Waals surface area contributed by atoms with Gasteiger partial charge in [-0.3, -0.25) is 4.79 Å². The van der Waals surface area contributed by atoms with E-state index in [9.17, 15) is 9.59 Å². The Hall–Kier alpha value is -2.81. The van der Waals surface area contributed by atoms with Crippen LogP contribution in [0.5, 0.6) is 5.75 Å². The van der Waals surface area contributed by atoms with Crippen LogP contribution >= 0.6 is 0 Å². The highest BCUT2D eigenvalue weighted by Crippen LogP contribution is 2.44. The molecule has 8 nitrogen and oxygen atoms in total. The molecule has 2 heterocycles. The van der Waals surface area contributed by atoms with E-state index in [1.54, 1.807) is 4.57 Å². The fourth-order valence-corrected chi connectivity index (χ4v) is 4.72. The second kappa shape index (κ2) is 7.16.